The van der Waals surface area contributed by atoms with Gasteiger partial charge in [0, 0.05) is 23.6 Å². The van der Waals surface area contributed by atoms with Gasteiger partial charge in [-0.15, -0.1) is 11.8 Å². The number of halogens is 2. The van der Waals surface area contributed by atoms with Crippen LogP contribution >= 0.6 is 11.8 Å². The van der Waals surface area contributed by atoms with Crippen LogP contribution in [0.25, 0.3) is 0 Å². The summed E-state index contributed by atoms with van der Waals surface area (Å²) >= 11 is 1.54. The zero-order chi connectivity index (χ0) is 27.6. The van der Waals surface area contributed by atoms with Crippen LogP contribution in [0, 0.1) is 18.6 Å². The highest BCUT2D eigenvalue weighted by atomic mass is 32.2. The average molecular weight is 546 g/mol. The molecule has 0 N–H and O–H groups in total. The molecular weight excluding hydrogens is 516 g/mol. The van der Waals surface area contributed by atoms with Gasteiger partial charge in [-0.3, -0.25) is 9.59 Å². The summed E-state index contributed by atoms with van der Waals surface area (Å²) in [7, 11) is 0. The van der Waals surface area contributed by atoms with E-state index in [1.807, 2.05) is 85.8 Å². The first-order valence-electron chi connectivity index (χ1n) is 12.6. The van der Waals surface area contributed by atoms with Crippen molar-refractivity contribution in [1.29, 1.82) is 0 Å². The zero-order valence-corrected chi connectivity index (χ0v) is 22.4. The molecule has 0 spiro atoms. The largest absolute Gasteiger partial charge is 0.486 e. The molecule has 0 heterocycles. The molecule has 4 aromatic rings. The predicted molar refractivity (Wildman–Crippen MR) is 150 cm³/mol. The van der Waals surface area contributed by atoms with Gasteiger partial charge < -0.3 is 9.64 Å². The van der Waals surface area contributed by atoms with E-state index in [0.717, 1.165) is 33.7 Å². The van der Waals surface area contributed by atoms with Gasteiger partial charge in [0.2, 0.25) is 5.91 Å². The Labute approximate surface area is 231 Å². The standard InChI is InChI=1S/C32H29F2NO3S/c1-23-20-27(13-15-30(23)38-18-17-36)39-19-16-31(37)35(22-24-12-14-28(33)29(34)21-24)32(25-8-4-2-5-9-25)26-10-6-3-7-11-26/h2-15,17,20-21,32H,16,18-19,22H2,1H3. The highest BCUT2D eigenvalue weighted by Gasteiger charge is 2.27. The SMILES string of the molecule is Cc1cc(SCCC(=O)N(Cc2ccc(F)c(F)c2)C(c2ccccc2)c2ccccc2)ccc1OCC=O. The summed E-state index contributed by atoms with van der Waals surface area (Å²) in [5.41, 5.74) is 3.26. The van der Waals surface area contributed by atoms with Crippen molar-refractivity contribution in [3.63, 3.8) is 0 Å². The van der Waals surface area contributed by atoms with Crippen LogP contribution in [0.2, 0.25) is 0 Å². The Morgan fingerprint density at radius 1 is 0.897 bits per heavy atom. The minimum absolute atomic E-state index is 0.000381. The van der Waals surface area contributed by atoms with Crippen molar-refractivity contribution in [2.45, 2.75) is 30.8 Å². The summed E-state index contributed by atoms with van der Waals surface area (Å²) in [6.07, 6.45) is 0.949. The summed E-state index contributed by atoms with van der Waals surface area (Å²) in [4.78, 5) is 27.1. The number of carbonyl (C=O) groups excluding carboxylic acids is 2. The van der Waals surface area contributed by atoms with Gasteiger partial charge in [-0.1, -0.05) is 66.7 Å². The second kappa shape index (κ2) is 13.7. The lowest BCUT2D eigenvalue weighted by molar-refractivity contribution is -0.133. The Morgan fingerprint density at radius 3 is 2.15 bits per heavy atom. The number of aldehydes is 1. The average Bonchev–Trinajstić information content (AvgIpc) is 2.95. The number of rotatable bonds is 12. The van der Waals surface area contributed by atoms with E-state index in [9.17, 15) is 18.4 Å². The maximum absolute atomic E-state index is 14.1. The molecule has 1 amide bonds. The Balaban J connectivity index is 1.58. The van der Waals surface area contributed by atoms with E-state index in [-0.39, 0.29) is 25.5 Å². The first-order chi connectivity index (χ1) is 19.0. The number of hydrogen-bond donors (Lipinski definition) is 0. The third-order valence-electron chi connectivity index (χ3n) is 6.24. The van der Waals surface area contributed by atoms with E-state index < -0.39 is 17.7 Å². The van der Waals surface area contributed by atoms with Crippen LogP contribution < -0.4 is 4.74 Å². The number of aryl methyl sites for hydroxylation is 1. The summed E-state index contributed by atoms with van der Waals surface area (Å²) in [6.45, 7) is 2.03. The van der Waals surface area contributed by atoms with Gasteiger partial charge in [-0.25, -0.2) is 8.78 Å². The normalized spacial score (nSPS) is 10.9. The molecule has 0 unspecified atom stereocenters. The van der Waals surface area contributed by atoms with Gasteiger partial charge in [-0.05, 0) is 59.5 Å². The van der Waals surface area contributed by atoms with E-state index in [1.165, 1.54) is 6.07 Å². The molecule has 39 heavy (non-hydrogen) atoms. The number of nitrogens with zero attached hydrogens (tertiary/aromatic N) is 1. The first kappa shape index (κ1) is 28.0. The van der Waals surface area contributed by atoms with Crippen LogP contribution in [0.15, 0.2) is 102 Å². The van der Waals surface area contributed by atoms with E-state index in [1.54, 1.807) is 16.7 Å². The fraction of sp³-hybridized carbons (Fsp3) is 0.188. The van der Waals surface area contributed by atoms with E-state index in [2.05, 4.69) is 0 Å². The number of carbonyl (C=O) groups is 2. The maximum atomic E-state index is 14.1. The van der Waals surface area contributed by atoms with Crippen molar-refractivity contribution in [2.75, 3.05) is 12.4 Å². The number of amides is 1. The summed E-state index contributed by atoms with van der Waals surface area (Å²) in [6, 6.07) is 28.4. The Morgan fingerprint density at radius 2 is 1.56 bits per heavy atom. The van der Waals surface area contributed by atoms with Crippen molar-refractivity contribution in [3.05, 3.63) is 131 Å². The molecule has 4 rings (SSSR count). The second-order valence-corrected chi connectivity index (χ2v) is 10.2. The highest BCUT2D eigenvalue weighted by Crippen LogP contribution is 2.32. The molecule has 4 nitrogen and oxygen atoms in total. The molecule has 0 saturated heterocycles. The second-order valence-electron chi connectivity index (χ2n) is 9.00. The number of hydrogen-bond acceptors (Lipinski definition) is 4. The third kappa shape index (κ3) is 7.54. The van der Waals surface area contributed by atoms with Crippen LogP contribution in [-0.4, -0.2) is 29.5 Å². The molecule has 4 aromatic carbocycles. The topological polar surface area (TPSA) is 46.6 Å². The molecule has 0 aliphatic carbocycles. The number of ether oxygens (including phenoxy) is 1. The lowest BCUT2D eigenvalue weighted by Gasteiger charge is -2.33. The summed E-state index contributed by atoms with van der Waals surface area (Å²) in [5.74, 6) is -0.797. The van der Waals surface area contributed by atoms with Crippen molar-refractivity contribution < 1.29 is 23.1 Å². The number of thioether (sulfide) groups is 1. The van der Waals surface area contributed by atoms with Crippen molar-refractivity contribution >= 4 is 24.0 Å². The lowest BCUT2D eigenvalue weighted by atomic mass is 9.96. The summed E-state index contributed by atoms with van der Waals surface area (Å²) in [5, 5.41) is 0. The molecule has 0 saturated carbocycles. The van der Waals surface area contributed by atoms with Crippen molar-refractivity contribution in [1.82, 2.24) is 4.90 Å². The highest BCUT2D eigenvalue weighted by molar-refractivity contribution is 7.99. The van der Waals surface area contributed by atoms with Crippen LogP contribution in [0.4, 0.5) is 8.78 Å². The molecule has 200 valence electrons. The number of benzene rings is 4. The monoisotopic (exact) mass is 545 g/mol. The van der Waals surface area contributed by atoms with Gasteiger partial charge >= 0.3 is 0 Å². The predicted octanol–water partition coefficient (Wildman–Crippen LogP) is 7.15. The van der Waals surface area contributed by atoms with E-state index >= 15 is 0 Å². The van der Waals surface area contributed by atoms with Gasteiger partial charge in [0.15, 0.2) is 17.9 Å². The van der Waals surface area contributed by atoms with Crippen LogP contribution in [0.3, 0.4) is 0 Å². The molecule has 0 fully saturated rings. The van der Waals surface area contributed by atoms with Gasteiger partial charge in [0.1, 0.15) is 12.4 Å². The fourth-order valence-corrected chi connectivity index (χ4v) is 5.32. The molecule has 0 aliphatic heterocycles. The zero-order valence-electron chi connectivity index (χ0n) is 21.6. The molecule has 0 aliphatic rings. The quantitative estimate of drug-likeness (QED) is 0.140. The fourth-order valence-electron chi connectivity index (χ4n) is 4.38. The van der Waals surface area contributed by atoms with Crippen LogP contribution in [-0.2, 0) is 16.1 Å². The minimum atomic E-state index is -0.942. The minimum Gasteiger partial charge on any atom is -0.486 e. The Kier molecular flexibility index (Phi) is 9.86. The molecule has 7 heteroatoms. The van der Waals surface area contributed by atoms with Gasteiger partial charge in [-0.2, -0.15) is 0 Å². The first-order valence-corrected chi connectivity index (χ1v) is 13.6. The summed E-state index contributed by atoms with van der Waals surface area (Å²) < 4.78 is 33.1. The molecule has 0 radical (unpaired) electrons. The van der Waals surface area contributed by atoms with Crippen molar-refractivity contribution in [2.24, 2.45) is 0 Å². The Hall–Kier alpha value is -3.97. The van der Waals surface area contributed by atoms with Gasteiger partial charge in [0.25, 0.3) is 0 Å². The molecule has 0 aromatic heterocycles. The van der Waals surface area contributed by atoms with Crippen LogP contribution in [0.1, 0.15) is 34.7 Å². The maximum Gasteiger partial charge on any atom is 0.224 e. The molecule has 0 atom stereocenters. The third-order valence-corrected chi connectivity index (χ3v) is 7.23. The lowest BCUT2D eigenvalue weighted by Crippen LogP contribution is -2.35. The Bertz CT molecular complexity index is 1360. The molecule has 0 bridgehead atoms. The van der Waals surface area contributed by atoms with E-state index in [4.69, 9.17) is 4.74 Å². The smallest absolute Gasteiger partial charge is 0.224 e. The molecular formula is C32H29F2NO3S. The van der Waals surface area contributed by atoms with Crippen molar-refractivity contribution in [3.8, 4) is 5.75 Å². The van der Waals surface area contributed by atoms with E-state index in [0.29, 0.717) is 23.4 Å². The van der Waals surface area contributed by atoms with Crippen LogP contribution in [0.5, 0.6) is 5.75 Å². The van der Waals surface area contributed by atoms with Gasteiger partial charge in [0.05, 0.1) is 6.04 Å².